The Labute approximate surface area is 128 Å². The molecule has 0 amide bonds. The first-order valence-corrected chi connectivity index (χ1v) is 8.38. The van der Waals surface area contributed by atoms with Crippen LogP contribution in [0.4, 0.5) is 8.78 Å². The van der Waals surface area contributed by atoms with E-state index in [1.54, 1.807) is 6.07 Å². The summed E-state index contributed by atoms with van der Waals surface area (Å²) in [6, 6.07) is 3.63. The molecule has 0 saturated heterocycles. The molecule has 124 valence electrons. The molecule has 1 aliphatic rings. The summed E-state index contributed by atoms with van der Waals surface area (Å²) >= 11 is 0. The van der Waals surface area contributed by atoms with Crippen LogP contribution in [-0.4, -0.2) is 34.6 Å². The van der Waals surface area contributed by atoms with Crippen molar-refractivity contribution in [3.05, 3.63) is 18.2 Å². The lowest BCUT2D eigenvalue weighted by Crippen LogP contribution is -2.42. The number of benzene rings is 1. The van der Waals surface area contributed by atoms with Gasteiger partial charge in [-0.1, -0.05) is 6.07 Å². The van der Waals surface area contributed by atoms with Gasteiger partial charge in [0.25, 0.3) is 0 Å². The number of methoxy groups -OCH3 is 2. The summed E-state index contributed by atoms with van der Waals surface area (Å²) in [7, 11) is -1.26. The van der Waals surface area contributed by atoms with Gasteiger partial charge < -0.3 is 9.47 Å². The van der Waals surface area contributed by atoms with Gasteiger partial charge >= 0.3 is 0 Å². The Morgan fingerprint density at radius 2 is 2.00 bits per heavy atom. The Kier molecular flexibility index (Phi) is 4.91. The van der Waals surface area contributed by atoms with Crippen LogP contribution in [-0.2, 0) is 10.0 Å². The molecule has 1 fully saturated rings. The monoisotopic (exact) mass is 335 g/mol. The Balaban J connectivity index is 2.27. The van der Waals surface area contributed by atoms with Crippen LogP contribution in [0.3, 0.4) is 0 Å². The molecule has 1 aromatic carbocycles. The highest BCUT2D eigenvalue weighted by Gasteiger charge is 2.38. The highest BCUT2D eigenvalue weighted by molar-refractivity contribution is 7.89. The van der Waals surface area contributed by atoms with Crippen LogP contribution in [0, 0.1) is 0 Å². The van der Waals surface area contributed by atoms with Crippen molar-refractivity contribution in [2.75, 3.05) is 14.2 Å². The van der Waals surface area contributed by atoms with Crippen molar-refractivity contribution in [1.82, 2.24) is 4.72 Å². The third-order valence-electron chi connectivity index (χ3n) is 3.62. The second-order valence-electron chi connectivity index (χ2n) is 5.26. The molecule has 0 aromatic heterocycles. The molecule has 0 radical (unpaired) electrons. The molecular formula is C14H19F2NO4S. The Morgan fingerprint density at radius 3 is 2.59 bits per heavy atom. The summed E-state index contributed by atoms with van der Waals surface area (Å²) in [5.74, 6) is -2.51. The molecule has 22 heavy (non-hydrogen) atoms. The van der Waals surface area contributed by atoms with Gasteiger partial charge in [-0.2, -0.15) is 0 Å². The van der Waals surface area contributed by atoms with E-state index in [2.05, 4.69) is 4.72 Å². The molecule has 1 aliphatic carbocycles. The number of ether oxygens (including phenoxy) is 2. The van der Waals surface area contributed by atoms with Crippen molar-refractivity contribution >= 4 is 10.0 Å². The number of alkyl halides is 2. The van der Waals surface area contributed by atoms with Crippen molar-refractivity contribution in [1.29, 1.82) is 0 Å². The highest BCUT2D eigenvalue weighted by Crippen LogP contribution is 2.36. The van der Waals surface area contributed by atoms with Gasteiger partial charge in [-0.15, -0.1) is 0 Å². The normalized spacial score (nSPS) is 21.4. The number of nitrogens with one attached hydrogen (secondary N) is 1. The Hall–Kier alpha value is -1.41. The van der Waals surface area contributed by atoms with Crippen LogP contribution in [0.25, 0.3) is 0 Å². The molecule has 1 saturated carbocycles. The predicted octanol–water partition coefficient (Wildman–Crippen LogP) is 2.56. The largest absolute Gasteiger partial charge is 0.493 e. The van der Waals surface area contributed by atoms with E-state index in [0.717, 1.165) is 0 Å². The zero-order valence-electron chi connectivity index (χ0n) is 12.4. The summed E-state index contributed by atoms with van der Waals surface area (Å²) in [5.41, 5.74) is 0. The van der Waals surface area contributed by atoms with Gasteiger partial charge in [0.2, 0.25) is 15.9 Å². The SMILES string of the molecule is COc1cccc(S(=O)(=O)NC2CCCC(F)(F)C2)c1OC. The minimum Gasteiger partial charge on any atom is -0.493 e. The standard InChI is InChI=1S/C14H19F2NO4S/c1-20-11-6-3-7-12(13(11)21-2)22(18,19)17-10-5-4-8-14(15,16)9-10/h3,6-7,10,17H,4-5,8-9H2,1-2H3. The van der Waals surface area contributed by atoms with E-state index in [0.29, 0.717) is 6.42 Å². The maximum Gasteiger partial charge on any atom is 0.249 e. The molecule has 0 heterocycles. The van der Waals surface area contributed by atoms with Gasteiger partial charge in [0, 0.05) is 18.9 Å². The third-order valence-corrected chi connectivity index (χ3v) is 5.16. The number of halogens is 2. The summed E-state index contributed by atoms with van der Waals surface area (Å²) in [6.45, 7) is 0. The smallest absolute Gasteiger partial charge is 0.249 e. The van der Waals surface area contributed by atoms with Gasteiger partial charge in [0.1, 0.15) is 4.90 Å². The molecule has 1 aromatic rings. The Bertz CT molecular complexity index is 634. The molecule has 5 nitrogen and oxygen atoms in total. The number of hydrogen-bond acceptors (Lipinski definition) is 4. The Morgan fingerprint density at radius 1 is 1.27 bits per heavy atom. The number of para-hydroxylation sites is 1. The summed E-state index contributed by atoms with van der Waals surface area (Å²) in [4.78, 5) is -0.122. The lowest BCUT2D eigenvalue weighted by atomic mass is 9.93. The van der Waals surface area contributed by atoms with E-state index >= 15 is 0 Å². The maximum atomic E-state index is 13.4. The minimum atomic E-state index is -3.97. The zero-order chi connectivity index (χ0) is 16.4. The zero-order valence-corrected chi connectivity index (χ0v) is 13.3. The lowest BCUT2D eigenvalue weighted by molar-refractivity contribution is -0.0414. The van der Waals surface area contributed by atoms with E-state index in [1.807, 2.05) is 0 Å². The predicted molar refractivity (Wildman–Crippen MR) is 77.1 cm³/mol. The van der Waals surface area contributed by atoms with E-state index in [-0.39, 0.29) is 29.2 Å². The molecule has 1 atom stereocenters. The number of sulfonamides is 1. The lowest BCUT2D eigenvalue weighted by Gasteiger charge is -2.29. The average Bonchev–Trinajstić information content (AvgIpc) is 2.44. The third kappa shape index (κ3) is 3.67. The van der Waals surface area contributed by atoms with Crippen molar-refractivity contribution in [2.24, 2.45) is 0 Å². The summed E-state index contributed by atoms with van der Waals surface area (Å²) in [5, 5.41) is 0. The first-order valence-electron chi connectivity index (χ1n) is 6.90. The van der Waals surface area contributed by atoms with Gasteiger partial charge in [-0.25, -0.2) is 21.9 Å². The van der Waals surface area contributed by atoms with E-state index in [9.17, 15) is 17.2 Å². The fraction of sp³-hybridized carbons (Fsp3) is 0.571. The number of hydrogen-bond donors (Lipinski definition) is 1. The van der Waals surface area contributed by atoms with Gasteiger partial charge in [0.05, 0.1) is 14.2 Å². The van der Waals surface area contributed by atoms with Crippen LogP contribution in [0.2, 0.25) is 0 Å². The fourth-order valence-electron chi connectivity index (χ4n) is 2.62. The van der Waals surface area contributed by atoms with E-state index < -0.39 is 28.4 Å². The maximum absolute atomic E-state index is 13.4. The van der Waals surface area contributed by atoms with Crippen LogP contribution in [0.1, 0.15) is 25.7 Å². The quantitative estimate of drug-likeness (QED) is 0.898. The van der Waals surface area contributed by atoms with Crippen LogP contribution < -0.4 is 14.2 Å². The molecule has 0 spiro atoms. The topological polar surface area (TPSA) is 64.6 Å². The molecular weight excluding hydrogens is 316 g/mol. The molecule has 0 bridgehead atoms. The van der Waals surface area contributed by atoms with Crippen LogP contribution in [0.15, 0.2) is 23.1 Å². The highest BCUT2D eigenvalue weighted by atomic mass is 32.2. The van der Waals surface area contributed by atoms with Gasteiger partial charge in [-0.3, -0.25) is 0 Å². The molecule has 0 aliphatic heterocycles. The summed E-state index contributed by atoms with van der Waals surface area (Å²) < 4.78 is 64.3. The first-order chi connectivity index (χ1) is 10.3. The summed E-state index contributed by atoms with van der Waals surface area (Å²) in [6.07, 6.45) is -0.0112. The first kappa shape index (κ1) is 17.0. The van der Waals surface area contributed by atoms with Crippen molar-refractivity contribution in [2.45, 2.75) is 42.5 Å². The second kappa shape index (κ2) is 6.37. The second-order valence-corrected chi connectivity index (χ2v) is 6.94. The van der Waals surface area contributed by atoms with Crippen molar-refractivity contribution < 1.29 is 26.7 Å². The average molecular weight is 335 g/mol. The van der Waals surface area contributed by atoms with Crippen LogP contribution >= 0.6 is 0 Å². The minimum absolute atomic E-state index is 0.0556. The molecule has 1 N–H and O–H groups in total. The van der Waals surface area contributed by atoms with Crippen LogP contribution in [0.5, 0.6) is 11.5 Å². The van der Waals surface area contributed by atoms with E-state index in [4.69, 9.17) is 9.47 Å². The van der Waals surface area contributed by atoms with Gasteiger partial charge in [0.15, 0.2) is 11.5 Å². The molecule has 1 unspecified atom stereocenters. The number of rotatable bonds is 5. The van der Waals surface area contributed by atoms with Crippen molar-refractivity contribution in [3.63, 3.8) is 0 Å². The van der Waals surface area contributed by atoms with E-state index in [1.165, 1.54) is 26.4 Å². The molecule has 8 heteroatoms. The fourth-order valence-corrected chi connectivity index (χ4v) is 4.08. The van der Waals surface area contributed by atoms with Crippen molar-refractivity contribution in [3.8, 4) is 11.5 Å². The molecule has 2 rings (SSSR count). The van der Waals surface area contributed by atoms with Gasteiger partial charge in [-0.05, 0) is 25.0 Å².